The molecule has 0 aliphatic heterocycles. The van der Waals surface area contributed by atoms with E-state index in [1.165, 1.54) is 14.2 Å². The standard InChI is InChI=1S/C19H31NO6/c1-6-24-13-11-20(12-14-25-7-2)15(3)19(21)26-18-16(22-4)9-8-10-17(18)23-5/h8-10,15H,6-7,11-14H2,1-5H3. The Morgan fingerprint density at radius 2 is 1.50 bits per heavy atom. The number of carbonyl (C=O) groups is 1. The third-order valence-electron chi connectivity index (χ3n) is 3.93. The number of para-hydroxylation sites is 1. The molecule has 1 aromatic rings. The van der Waals surface area contributed by atoms with Gasteiger partial charge in [-0.1, -0.05) is 6.07 Å². The molecular formula is C19H31NO6. The minimum Gasteiger partial charge on any atom is -0.493 e. The zero-order valence-electron chi connectivity index (χ0n) is 16.4. The Labute approximate surface area is 156 Å². The van der Waals surface area contributed by atoms with Gasteiger partial charge in [0.05, 0.1) is 27.4 Å². The van der Waals surface area contributed by atoms with Crippen molar-refractivity contribution in [2.45, 2.75) is 26.8 Å². The fourth-order valence-electron chi connectivity index (χ4n) is 2.40. The maximum Gasteiger partial charge on any atom is 0.328 e. The van der Waals surface area contributed by atoms with Gasteiger partial charge in [0.15, 0.2) is 11.5 Å². The molecule has 148 valence electrons. The van der Waals surface area contributed by atoms with Gasteiger partial charge in [-0.2, -0.15) is 0 Å². The van der Waals surface area contributed by atoms with Crippen molar-refractivity contribution in [3.05, 3.63) is 18.2 Å². The number of rotatable bonds is 13. The predicted molar refractivity (Wildman–Crippen MR) is 99.2 cm³/mol. The maximum absolute atomic E-state index is 12.7. The molecule has 26 heavy (non-hydrogen) atoms. The Morgan fingerprint density at radius 1 is 1.00 bits per heavy atom. The van der Waals surface area contributed by atoms with Gasteiger partial charge in [-0.25, -0.2) is 4.79 Å². The summed E-state index contributed by atoms with van der Waals surface area (Å²) < 4.78 is 27.0. The molecule has 0 aliphatic carbocycles. The predicted octanol–water partition coefficient (Wildman–Crippen LogP) is 2.37. The molecule has 7 heteroatoms. The number of hydrogen-bond donors (Lipinski definition) is 0. The number of esters is 1. The highest BCUT2D eigenvalue weighted by Crippen LogP contribution is 2.37. The summed E-state index contributed by atoms with van der Waals surface area (Å²) in [5, 5.41) is 0. The molecule has 7 nitrogen and oxygen atoms in total. The van der Waals surface area contributed by atoms with Crippen LogP contribution in [0.15, 0.2) is 18.2 Å². The Hall–Kier alpha value is -1.83. The zero-order chi connectivity index (χ0) is 19.4. The van der Waals surface area contributed by atoms with E-state index in [1.54, 1.807) is 18.2 Å². The lowest BCUT2D eigenvalue weighted by molar-refractivity contribution is -0.140. The minimum atomic E-state index is -0.467. The van der Waals surface area contributed by atoms with E-state index in [-0.39, 0.29) is 11.7 Å². The van der Waals surface area contributed by atoms with Gasteiger partial charge < -0.3 is 23.7 Å². The fourth-order valence-corrected chi connectivity index (χ4v) is 2.40. The SMILES string of the molecule is CCOCCN(CCOCC)C(C)C(=O)Oc1c(OC)cccc1OC. The van der Waals surface area contributed by atoms with Gasteiger partial charge in [-0.15, -0.1) is 0 Å². The van der Waals surface area contributed by atoms with Crippen LogP contribution in [-0.4, -0.2) is 70.6 Å². The van der Waals surface area contributed by atoms with Crippen molar-refractivity contribution in [2.75, 3.05) is 53.7 Å². The lowest BCUT2D eigenvalue weighted by Gasteiger charge is -2.27. The first-order chi connectivity index (χ1) is 12.6. The van der Waals surface area contributed by atoms with E-state index < -0.39 is 6.04 Å². The van der Waals surface area contributed by atoms with Crippen LogP contribution >= 0.6 is 0 Å². The second-order valence-corrected chi connectivity index (χ2v) is 5.52. The second-order valence-electron chi connectivity index (χ2n) is 5.52. The Kier molecular flexibility index (Phi) is 10.7. The number of carbonyl (C=O) groups excluding carboxylic acids is 1. The molecule has 0 fully saturated rings. The highest BCUT2D eigenvalue weighted by molar-refractivity contribution is 5.79. The van der Waals surface area contributed by atoms with Crippen LogP contribution in [0.2, 0.25) is 0 Å². The van der Waals surface area contributed by atoms with E-state index in [4.69, 9.17) is 23.7 Å². The second kappa shape index (κ2) is 12.5. The van der Waals surface area contributed by atoms with Crippen LogP contribution in [0.4, 0.5) is 0 Å². The van der Waals surface area contributed by atoms with Gasteiger partial charge in [-0.05, 0) is 32.9 Å². The van der Waals surface area contributed by atoms with E-state index in [0.29, 0.717) is 51.0 Å². The van der Waals surface area contributed by atoms with Crippen LogP contribution in [0.1, 0.15) is 20.8 Å². The molecule has 0 heterocycles. The molecule has 0 saturated carbocycles. The molecule has 0 N–H and O–H groups in total. The van der Waals surface area contributed by atoms with E-state index in [1.807, 2.05) is 25.7 Å². The summed E-state index contributed by atoms with van der Waals surface area (Å²) in [5.41, 5.74) is 0. The van der Waals surface area contributed by atoms with Gasteiger partial charge in [-0.3, -0.25) is 4.90 Å². The molecule has 1 atom stereocenters. The van der Waals surface area contributed by atoms with E-state index >= 15 is 0 Å². The highest BCUT2D eigenvalue weighted by Gasteiger charge is 2.25. The largest absolute Gasteiger partial charge is 0.493 e. The lowest BCUT2D eigenvalue weighted by atomic mass is 10.2. The zero-order valence-corrected chi connectivity index (χ0v) is 16.4. The van der Waals surface area contributed by atoms with Crippen LogP contribution < -0.4 is 14.2 Å². The van der Waals surface area contributed by atoms with Gasteiger partial charge in [0.25, 0.3) is 0 Å². The first-order valence-electron chi connectivity index (χ1n) is 8.91. The Bertz CT molecular complexity index is 505. The molecule has 0 radical (unpaired) electrons. The first kappa shape index (κ1) is 22.2. The summed E-state index contributed by atoms with van der Waals surface area (Å²) >= 11 is 0. The fraction of sp³-hybridized carbons (Fsp3) is 0.632. The topological polar surface area (TPSA) is 66.5 Å². The number of hydrogen-bond acceptors (Lipinski definition) is 7. The third-order valence-corrected chi connectivity index (χ3v) is 3.93. The van der Waals surface area contributed by atoms with Crippen LogP contribution in [0.3, 0.4) is 0 Å². The summed E-state index contributed by atoms with van der Waals surface area (Å²) in [6, 6.07) is 4.75. The van der Waals surface area contributed by atoms with Gasteiger partial charge in [0.1, 0.15) is 6.04 Å². The van der Waals surface area contributed by atoms with E-state index in [0.717, 1.165) is 0 Å². The average molecular weight is 369 g/mol. The molecule has 0 aliphatic rings. The van der Waals surface area contributed by atoms with Crippen LogP contribution in [0.25, 0.3) is 0 Å². The highest BCUT2D eigenvalue weighted by atomic mass is 16.6. The summed E-state index contributed by atoms with van der Waals surface area (Å²) in [4.78, 5) is 14.7. The quantitative estimate of drug-likeness (QED) is 0.300. The average Bonchev–Trinajstić information content (AvgIpc) is 2.66. The van der Waals surface area contributed by atoms with Crippen molar-refractivity contribution in [1.29, 1.82) is 0 Å². The van der Waals surface area contributed by atoms with Crippen molar-refractivity contribution >= 4 is 5.97 Å². The summed E-state index contributed by atoms with van der Waals surface area (Å²) in [7, 11) is 3.04. The summed E-state index contributed by atoms with van der Waals surface area (Å²) in [5.74, 6) is 0.782. The van der Waals surface area contributed by atoms with Crippen LogP contribution in [-0.2, 0) is 14.3 Å². The van der Waals surface area contributed by atoms with E-state index in [9.17, 15) is 4.79 Å². The molecule has 0 saturated heterocycles. The molecular weight excluding hydrogens is 338 g/mol. The van der Waals surface area contributed by atoms with Crippen molar-refractivity contribution in [2.24, 2.45) is 0 Å². The van der Waals surface area contributed by atoms with Crippen molar-refractivity contribution in [3.63, 3.8) is 0 Å². The Balaban J connectivity index is 2.83. The monoisotopic (exact) mass is 369 g/mol. The Morgan fingerprint density at radius 3 is 1.92 bits per heavy atom. The maximum atomic E-state index is 12.7. The third kappa shape index (κ3) is 6.82. The first-order valence-corrected chi connectivity index (χ1v) is 8.91. The summed E-state index contributed by atoms with van der Waals surface area (Å²) in [6.07, 6.45) is 0. The molecule has 1 rings (SSSR count). The normalized spacial score (nSPS) is 12.1. The smallest absolute Gasteiger partial charge is 0.328 e. The van der Waals surface area contributed by atoms with Gasteiger partial charge >= 0.3 is 5.97 Å². The molecule has 0 spiro atoms. The number of methoxy groups -OCH3 is 2. The van der Waals surface area contributed by atoms with Crippen molar-refractivity contribution in [3.8, 4) is 17.2 Å². The molecule has 1 unspecified atom stereocenters. The summed E-state index contributed by atoms with van der Waals surface area (Å²) in [6.45, 7) is 9.26. The number of nitrogens with zero attached hydrogens (tertiary/aromatic N) is 1. The van der Waals surface area contributed by atoms with Crippen molar-refractivity contribution < 1.29 is 28.5 Å². The molecule has 1 aromatic carbocycles. The molecule has 0 amide bonds. The minimum absolute atomic E-state index is 0.281. The van der Waals surface area contributed by atoms with Crippen LogP contribution in [0, 0.1) is 0 Å². The van der Waals surface area contributed by atoms with Gasteiger partial charge in [0.2, 0.25) is 5.75 Å². The van der Waals surface area contributed by atoms with Crippen molar-refractivity contribution in [1.82, 2.24) is 4.90 Å². The molecule has 0 bridgehead atoms. The van der Waals surface area contributed by atoms with Gasteiger partial charge in [0, 0.05) is 26.3 Å². The number of ether oxygens (including phenoxy) is 5. The molecule has 0 aromatic heterocycles. The van der Waals surface area contributed by atoms with Crippen LogP contribution in [0.5, 0.6) is 17.2 Å². The number of benzene rings is 1. The van der Waals surface area contributed by atoms with E-state index in [2.05, 4.69) is 0 Å². The lowest BCUT2D eigenvalue weighted by Crippen LogP contribution is -2.44.